The summed E-state index contributed by atoms with van der Waals surface area (Å²) >= 11 is 0. The monoisotopic (exact) mass is 264 g/mol. The van der Waals surface area contributed by atoms with Gasteiger partial charge < -0.3 is 11.1 Å². The predicted octanol–water partition coefficient (Wildman–Crippen LogP) is 2.70. The van der Waals surface area contributed by atoms with Crippen LogP contribution in [0.4, 0.5) is 5.95 Å². The molecule has 0 saturated carbocycles. The molecule has 3 N–H and O–H groups in total. The van der Waals surface area contributed by atoms with E-state index in [1.54, 1.807) is 0 Å². The number of rotatable bonds is 4. The molecule has 3 rings (SSSR count). The molecule has 20 heavy (non-hydrogen) atoms. The molecule has 0 aliphatic rings. The van der Waals surface area contributed by atoms with Gasteiger partial charge in [0, 0.05) is 24.7 Å². The van der Waals surface area contributed by atoms with Crippen molar-refractivity contribution in [3.8, 4) is 0 Å². The smallest absolute Gasteiger partial charge is 0.223 e. The van der Waals surface area contributed by atoms with Gasteiger partial charge in [-0.15, -0.1) is 0 Å². The second-order valence-electron chi connectivity index (χ2n) is 4.58. The molecule has 0 fully saturated rings. The predicted molar refractivity (Wildman–Crippen MR) is 81.2 cm³/mol. The summed E-state index contributed by atoms with van der Waals surface area (Å²) in [7, 11) is 0. The Labute approximate surface area is 117 Å². The van der Waals surface area contributed by atoms with Crippen LogP contribution >= 0.6 is 0 Å². The van der Waals surface area contributed by atoms with Crippen LogP contribution in [0.15, 0.2) is 54.7 Å². The summed E-state index contributed by atoms with van der Waals surface area (Å²) in [4.78, 5) is 8.82. The van der Waals surface area contributed by atoms with Crippen LogP contribution in [0.25, 0.3) is 10.9 Å². The molecule has 0 aliphatic heterocycles. The zero-order chi connectivity index (χ0) is 13.8. The lowest BCUT2D eigenvalue weighted by Crippen LogP contribution is -2.08. The number of nitrogens with zero attached hydrogens (tertiary/aromatic N) is 2. The van der Waals surface area contributed by atoms with E-state index in [4.69, 9.17) is 5.73 Å². The normalized spacial score (nSPS) is 10.7. The van der Waals surface area contributed by atoms with Gasteiger partial charge in [0.1, 0.15) is 0 Å². The van der Waals surface area contributed by atoms with Crippen molar-refractivity contribution in [3.63, 3.8) is 0 Å². The van der Waals surface area contributed by atoms with Gasteiger partial charge in [-0.1, -0.05) is 42.5 Å². The van der Waals surface area contributed by atoms with Gasteiger partial charge in [-0.05, 0) is 17.2 Å². The highest BCUT2D eigenvalue weighted by Gasteiger charge is 2.02. The molecule has 2 aromatic carbocycles. The lowest BCUT2D eigenvalue weighted by atomic mass is 10.1. The minimum atomic E-state index is 0.538. The standard InChI is InChI=1S/C16H16N4/c17-9-12-5-1-2-6-13(12)10-18-16-19-11-14-7-3-4-8-15(14)20-16/h1-8,11H,9-10,17H2,(H,18,19,20). The SMILES string of the molecule is NCc1ccccc1CNc1ncc2ccccc2n1. The Morgan fingerprint density at radius 1 is 0.950 bits per heavy atom. The number of para-hydroxylation sites is 1. The Morgan fingerprint density at radius 2 is 1.70 bits per heavy atom. The fourth-order valence-corrected chi connectivity index (χ4v) is 2.16. The van der Waals surface area contributed by atoms with E-state index in [1.807, 2.05) is 48.7 Å². The Morgan fingerprint density at radius 3 is 2.55 bits per heavy atom. The van der Waals surface area contributed by atoms with Gasteiger partial charge in [-0.25, -0.2) is 9.97 Å². The molecule has 0 atom stereocenters. The first-order valence-corrected chi connectivity index (χ1v) is 6.59. The highest BCUT2D eigenvalue weighted by molar-refractivity contribution is 5.78. The number of nitrogens with one attached hydrogen (secondary N) is 1. The van der Waals surface area contributed by atoms with Crippen LogP contribution in [-0.2, 0) is 13.1 Å². The maximum Gasteiger partial charge on any atom is 0.223 e. The number of fused-ring (bicyclic) bond motifs is 1. The van der Waals surface area contributed by atoms with Gasteiger partial charge in [0.2, 0.25) is 5.95 Å². The maximum atomic E-state index is 5.73. The van der Waals surface area contributed by atoms with Crippen molar-refractivity contribution < 1.29 is 0 Å². The van der Waals surface area contributed by atoms with Crippen LogP contribution in [-0.4, -0.2) is 9.97 Å². The van der Waals surface area contributed by atoms with Gasteiger partial charge in [0.15, 0.2) is 0 Å². The molecule has 0 bridgehead atoms. The minimum Gasteiger partial charge on any atom is -0.350 e. The molecule has 100 valence electrons. The van der Waals surface area contributed by atoms with Crippen LogP contribution in [0.2, 0.25) is 0 Å². The number of benzene rings is 2. The van der Waals surface area contributed by atoms with E-state index in [2.05, 4.69) is 21.4 Å². The molecule has 0 radical (unpaired) electrons. The van der Waals surface area contributed by atoms with Crippen LogP contribution in [0, 0.1) is 0 Å². The van der Waals surface area contributed by atoms with E-state index in [9.17, 15) is 0 Å². The van der Waals surface area contributed by atoms with Gasteiger partial charge in [0.25, 0.3) is 0 Å². The number of hydrogen-bond acceptors (Lipinski definition) is 4. The van der Waals surface area contributed by atoms with E-state index in [0.717, 1.165) is 16.5 Å². The zero-order valence-electron chi connectivity index (χ0n) is 11.1. The molecule has 0 amide bonds. The van der Waals surface area contributed by atoms with Crippen molar-refractivity contribution in [1.29, 1.82) is 0 Å². The molecule has 0 aliphatic carbocycles. The minimum absolute atomic E-state index is 0.538. The van der Waals surface area contributed by atoms with Gasteiger partial charge in [-0.3, -0.25) is 0 Å². The largest absolute Gasteiger partial charge is 0.350 e. The number of anilines is 1. The van der Waals surface area contributed by atoms with Crippen molar-refractivity contribution in [2.45, 2.75) is 13.1 Å². The Bertz CT molecular complexity index is 724. The number of hydrogen-bond donors (Lipinski definition) is 2. The van der Waals surface area contributed by atoms with E-state index >= 15 is 0 Å². The Balaban J connectivity index is 1.79. The molecule has 3 aromatic rings. The van der Waals surface area contributed by atoms with E-state index in [-0.39, 0.29) is 0 Å². The quantitative estimate of drug-likeness (QED) is 0.760. The first kappa shape index (κ1) is 12.6. The maximum absolute atomic E-state index is 5.73. The molecule has 4 heteroatoms. The van der Waals surface area contributed by atoms with Crippen LogP contribution in [0.5, 0.6) is 0 Å². The first-order chi connectivity index (χ1) is 9.86. The van der Waals surface area contributed by atoms with Crippen molar-refractivity contribution in [1.82, 2.24) is 9.97 Å². The van der Waals surface area contributed by atoms with Crippen molar-refractivity contribution in [2.24, 2.45) is 5.73 Å². The van der Waals surface area contributed by atoms with Gasteiger partial charge >= 0.3 is 0 Å². The van der Waals surface area contributed by atoms with E-state index in [1.165, 1.54) is 5.56 Å². The molecular formula is C16H16N4. The fraction of sp³-hybridized carbons (Fsp3) is 0.125. The summed E-state index contributed by atoms with van der Waals surface area (Å²) in [6.07, 6.45) is 1.83. The summed E-state index contributed by atoms with van der Waals surface area (Å²) in [5.74, 6) is 0.635. The van der Waals surface area contributed by atoms with E-state index < -0.39 is 0 Å². The Hall–Kier alpha value is -2.46. The zero-order valence-corrected chi connectivity index (χ0v) is 11.1. The molecular weight excluding hydrogens is 248 g/mol. The fourth-order valence-electron chi connectivity index (χ4n) is 2.16. The summed E-state index contributed by atoms with van der Waals surface area (Å²) in [5, 5.41) is 4.29. The highest BCUT2D eigenvalue weighted by atomic mass is 15.1. The molecule has 1 heterocycles. The lowest BCUT2D eigenvalue weighted by molar-refractivity contribution is 0.993. The average Bonchev–Trinajstić information content (AvgIpc) is 2.53. The summed E-state index contributed by atoms with van der Waals surface area (Å²) in [5.41, 5.74) is 8.99. The molecule has 0 unspecified atom stereocenters. The van der Waals surface area contributed by atoms with Crippen molar-refractivity contribution in [2.75, 3.05) is 5.32 Å². The molecule has 0 saturated heterocycles. The second kappa shape index (κ2) is 5.67. The van der Waals surface area contributed by atoms with E-state index in [0.29, 0.717) is 19.0 Å². The number of aromatic nitrogens is 2. The molecule has 0 spiro atoms. The second-order valence-corrected chi connectivity index (χ2v) is 4.58. The Kier molecular flexibility index (Phi) is 3.56. The third-order valence-electron chi connectivity index (χ3n) is 3.26. The van der Waals surface area contributed by atoms with Crippen molar-refractivity contribution in [3.05, 3.63) is 65.9 Å². The molecule has 1 aromatic heterocycles. The van der Waals surface area contributed by atoms with Crippen LogP contribution < -0.4 is 11.1 Å². The van der Waals surface area contributed by atoms with Crippen LogP contribution in [0.1, 0.15) is 11.1 Å². The van der Waals surface area contributed by atoms with Gasteiger partial charge in [-0.2, -0.15) is 0 Å². The topological polar surface area (TPSA) is 63.8 Å². The summed E-state index contributed by atoms with van der Waals surface area (Å²) < 4.78 is 0. The average molecular weight is 264 g/mol. The number of nitrogens with two attached hydrogens (primary N) is 1. The summed E-state index contributed by atoms with van der Waals surface area (Å²) in [6.45, 7) is 1.21. The highest BCUT2D eigenvalue weighted by Crippen LogP contribution is 2.13. The molecule has 4 nitrogen and oxygen atoms in total. The van der Waals surface area contributed by atoms with Crippen LogP contribution in [0.3, 0.4) is 0 Å². The lowest BCUT2D eigenvalue weighted by Gasteiger charge is -2.09. The third-order valence-corrected chi connectivity index (χ3v) is 3.26. The van der Waals surface area contributed by atoms with Crippen molar-refractivity contribution >= 4 is 16.9 Å². The van der Waals surface area contributed by atoms with Gasteiger partial charge in [0.05, 0.1) is 5.52 Å². The summed E-state index contributed by atoms with van der Waals surface area (Å²) in [6, 6.07) is 16.1. The third kappa shape index (κ3) is 2.60. The first-order valence-electron chi connectivity index (χ1n) is 6.59.